The normalized spacial score (nSPS) is 15.3. The van der Waals surface area contributed by atoms with Gasteiger partial charge in [0.05, 0.1) is 11.0 Å². The monoisotopic (exact) mass is 364 g/mol. The highest BCUT2D eigenvalue weighted by atomic mass is 16.2. The number of fused-ring (bicyclic) bond motifs is 2. The lowest BCUT2D eigenvalue weighted by molar-refractivity contribution is 0.0903. The van der Waals surface area contributed by atoms with Crippen LogP contribution in [0.4, 0.5) is 0 Å². The number of hydrogen-bond acceptors (Lipinski definition) is 3. The molecule has 0 aliphatic heterocycles. The topological polar surface area (TPSA) is 70.1 Å². The largest absolute Gasteiger partial charge is 0.350 e. The second-order valence-corrected chi connectivity index (χ2v) is 7.64. The van der Waals surface area contributed by atoms with Crippen molar-refractivity contribution >= 4 is 16.9 Å². The Hall–Kier alpha value is -2.86. The zero-order valence-corrected chi connectivity index (χ0v) is 15.9. The van der Waals surface area contributed by atoms with Crippen molar-refractivity contribution in [2.45, 2.75) is 18.4 Å². The van der Waals surface area contributed by atoms with Crippen LogP contribution in [0.2, 0.25) is 0 Å². The number of nitrogens with one attached hydrogen (secondary N) is 2. The Morgan fingerprint density at radius 2 is 1.85 bits per heavy atom. The number of aryl methyl sites for hydroxylation is 1. The second kappa shape index (κ2) is 6.39. The molecule has 6 heteroatoms. The number of likely N-dealkylation sites (N-methyl/N-ethyl adjacent to an activating group) is 1. The van der Waals surface area contributed by atoms with Gasteiger partial charge in [-0.3, -0.25) is 9.36 Å². The average molecular weight is 364 g/mol. The van der Waals surface area contributed by atoms with Crippen LogP contribution in [0.3, 0.4) is 0 Å². The van der Waals surface area contributed by atoms with E-state index in [4.69, 9.17) is 0 Å². The second-order valence-electron chi connectivity index (χ2n) is 7.64. The smallest absolute Gasteiger partial charge is 0.326 e. The van der Waals surface area contributed by atoms with Gasteiger partial charge in [0, 0.05) is 24.7 Å². The van der Waals surface area contributed by atoms with Gasteiger partial charge in [0.25, 0.3) is 5.91 Å². The number of benzene rings is 2. The Balaban J connectivity index is 1.54. The summed E-state index contributed by atoms with van der Waals surface area (Å²) < 4.78 is 1.51. The molecule has 1 aliphatic rings. The van der Waals surface area contributed by atoms with Crippen molar-refractivity contribution in [2.75, 3.05) is 20.6 Å². The molecule has 3 aromatic rings. The third kappa shape index (κ3) is 2.96. The van der Waals surface area contributed by atoms with E-state index < -0.39 is 0 Å². The van der Waals surface area contributed by atoms with Crippen LogP contribution in [0.1, 0.15) is 21.5 Å². The van der Waals surface area contributed by atoms with Crippen molar-refractivity contribution in [1.82, 2.24) is 19.8 Å². The molecule has 1 heterocycles. The maximum atomic E-state index is 12.8. The fraction of sp³-hybridized carbons (Fsp3) is 0.333. The fourth-order valence-electron chi connectivity index (χ4n) is 3.98. The van der Waals surface area contributed by atoms with Crippen molar-refractivity contribution in [3.05, 3.63) is 69.6 Å². The van der Waals surface area contributed by atoms with E-state index in [0.29, 0.717) is 12.1 Å². The van der Waals surface area contributed by atoms with Gasteiger partial charge < -0.3 is 15.2 Å². The first-order chi connectivity index (χ1) is 12.9. The number of aromatic nitrogens is 2. The molecule has 27 heavy (non-hydrogen) atoms. The first-order valence-electron chi connectivity index (χ1n) is 9.11. The van der Waals surface area contributed by atoms with Crippen LogP contribution in [-0.2, 0) is 19.9 Å². The highest BCUT2D eigenvalue weighted by Crippen LogP contribution is 2.33. The Morgan fingerprint density at radius 1 is 1.19 bits per heavy atom. The maximum Gasteiger partial charge on any atom is 0.326 e. The van der Waals surface area contributed by atoms with Gasteiger partial charge in [-0.2, -0.15) is 0 Å². The number of carbonyl (C=O) groups is 1. The summed E-state index contributed by atoms with van der Waals surface area (Å²) in [7, 11) is 5.83. The summed E-state index contributed by atoms with van der Waals surface area (Å²) in [5.74, 6) is -0.122. The number of imidazole rings is 1. The first-order valence-corrected chi connectivity index (χ1v) is 9.11. The molecule has 0 unspecified atom stereocenters. The average Bonchev–Trinajstić information content (AvgIpc) is 3.18. The molecule has 0 atom stereocenters. The van der Waals surface area contributed by atoms with E-state index in [1.807, 2.05) is 0 Å². The highest BCUT2D eigenvalue weighted by molar-refractivity contribution is 5.97. The molecule has 0 fully saturated rings. The zero-order chi connectivity index (χ0) is 19.2. The molecule has 0 saturated carbocycles. The minimum atomic E-state index is -0.183. The number of nitrogens with zero attached hydrogens (tertiary/aromatic N) is 2. The van der Waals surface area contributed by atoms with E-state index in [9.17, 15) is 9.59 Å². The molecule has 0 bridgehead atoms. The van der Waals surface area contributed by atoms with Crippen molar-refractivity contribution in [1.29, 1.82) is 0 Å². The van der Waals surface area contributed by atoms with Crippen molar-refractivity contribution < 1.29 is 4.79 Å². The number of aromatic amines is 1. The zero-order valence-electron chi connectivity index (χ0n) is 15.9. The molecule has 0 spiro atoms. The fourth-order valence-corrected chi connectivity index (χ4v) is 3.98. The third-order valence-electron chi connectivity index (χ3n) is 5.85. The van der Waals surface area contributed by atoms with Gasteiger partial charge in [0.2, 0.25) is 0 Å². The van der Waals surface area contributed by atoms with Gasteiger partial charge in [-0.05, 0) is 56.3 Å². The Kier molecular flexibility index (Phi) is 4.15. The van der Waals surface area contributed by atoms with Crippen molar-refractivity contribution in [3.63, 3.8) is 0 Å². The number of carbonyl (C=O) groups excluding carboxylic acids is 1. The van der Waals surface area contributed by atoms with E-state index in [1.54, 1.807) is 25.2 Å². The van der Waals surface area contributed by atoms with Crippen LogP contribution in [0.25, 0.3) is 11.0 Å². The minimum Gasteiger partial charge on any atom is -0.350 e. The molecule has 0 radical (unpaired) electrons. The molecule has 2 N–H and O–H groups in total. The lowest BCUT2D eigenvalue weighted by atomic mass is 9.94. The molecule has 6 nitrogen and oxygen atoms in total. The van der Waals surface area contributed by atoms with Gasteiger partial charge in [-0.15, -0.1) is 0 Å². The van der Waals surface area contributed by atoms with Gasteiger partial charge in [-0.1, -0.05) is 24.3 Å². The molecule has 2 aromatic carbocycles. The third-order valence-corrected chi connectivity index (χ3v) is 5.85. The Morgan fingerprint density at radius 3 is 2.48 bits per heavy atom. The van der Waals surface area contributed by atoms with Crippen molar-refractivity contribution in [3.8, 4) is 0 Å². The van der Waals surface area contributed by atoms with Crippen LogP contribution in [0, 0.1) is 0 Å². The van der Waals surface area contributed by atoms with Crippen LogP contribution in [0.5, 0.6) is 0 Å². The molecule has 140 valence electrons. The summed E-state index contributed by atoms with van der Waals surface area (Å²) in [5, 5.41) is 3.11. The molecule has 1 aliphatic carbocycles. The summed E-state index contributed by atoms with van der Waals surface area (Å²) >= 11 is 0. The van der Waals surface area contributed by atoms with Crippen LogP contribution >= 0.6 is 0 Å². The van der Waals surface area contributed by atoms with E-state index in [1.165, 1.54) is 15.7 Å². The molecule has 1 amide bonds. The number of H-pyrrole nitrogens is 1. The van der Waals surface area contributed by atoms with E-state index in [-0.39, 0.29) is 17.1 Å². The quantitative estimate of drug-likeness (QED) is 0.740. The summed E-state index contributed by atoms with van der Waals surface area (Å²) in [6.45, 7) is 0.567. The predicted octanol–water partition coefficient (Wildman–Crippen LogP) is 1.70. The van der Waals surface area contributed by atoms with E-state index in [2.05, 4.69) is 53.6 Å². The summed E-state index contributed by atoms with van der Waals surface area (Å²) in [4.78, 5) is 29.5. The molecule has 0 saturated heterocycles. The Bertz CT molecular complexity index is 1050. The summed E-state index contributed by atoms with van der Waals surface area (Å²) in [5.41, 5.74) is 4.41. The number of rotatable bonds is 4. The lowest BCUT2D eigenvalue weighted by Crippen LogP contribution is -2.53. The SMILES string of the molecule is CN(C)C1(CNC(=O)c2ccc3[nH]c(=O)n(C)c3c2)Cc2ccccc2C1. The standard InChI is InChI=1S/C21H24N4O2/c1-24(2)21(11-15-6-4-5-7-16(15)12-21)13-22-19(26)14-8-9-17-18(10-14)25(3)20(27)23-17/h4-10H,11-13H2,1-3H3,(H,22,26)(H,23,27). The first kappa shape index (κ1) is 17.5. The lowest BCUT2D eigenvalue weighted by Gasteiger charge is -2.36. The molecular weight excluding hydrogens is 340 g/mol. The van der Waals surface area contributed by atoms with Crippen LogP contribution < -0.4 is 11.0 Å². The van der Waals surface area contributed by atoms with Gasteiger partial charge in [0.1, 0.15) is 0 Å². The van der Waals surface area contributed by atoms with E-state index >= 15 is 0 Å². The number of hydrogen-bond donors (Lipinski definition) is 2. The molecule has 1 aromatic heterocycles. The van der Waals surface area contributed by atoms with E-state index in [0.717, 1.165) is 23.9 Å². The van der Waals surface area contributed by atoms with Crippen LogP contribution in [-0.4, -0.2) is 46.5 Å². The van der Waals surface area contributed by atoms with Crippen LogP contribution in [0.15, 0.2) is 47.3 Å². The minimum absolute atomic E-state index is 0.121. The van der Waals surface area contributed by atoms with Gasteiger partial charge >= 0.3 is 5.69 Å². The molecular formula is C21H24N4O2. The van der Waals surface area contributed by atoms with Gasteiger partial charge in [0.15, 0.2) is 0 Å². The van der Waals surface area contributed by atoms with Gasteiger partial charge in [-0.25, -0.2) is 4.79 Å². The number of amides is 1. The van der Waals surface area contributed by atoms with Crippen molar-refractivity contribution in [2.24, 2.45) is 7.05 Å². The predicted molar refractivity (Wildman–Crippen MR) is 106 cm³/mol. The molecule has 4 rings (SSSR count). The summed E-state index contributed by atoms with van der Waals surface area (Å²) in [6.07, 6.45) is 1.84. The highest BCUT2D eigenvalue weighted by Gasteiger charge is 2.39. The Labute approximate surface area is 157 Å². The maximum absolute atomic E-state index is 12.8. The summed E-state index contributed by atoms with van der Waals surface area (Å²) in [6, 6.07) is 13.8.